The summed E-state index contributed by atoms with van der Waals surface area (Å²) in [4.78, 5) is 21.8. The Kier molecular flexibility index (Phi) is 7.98. The molecule has 0 bridgehead atoms. The lowest BCUT2D eigenvalue weighted by atomic mass is 10.1. The first-order chi connectivity index (χ1) is 16.5. The molecule has 3 aromatic rings. The smallest absolute Gasteiger partial charge is 0.248 e. The Morgan fingerprint density at radius 3 is 2.68 bits per heavy atom. The summed E-state index contributed by atoms with van der Waals surface area (Å²) in [6.45, 7) is 12.0. The van der Waals surface area contributed by atoms with Gasteiger partial charge in [0.05, 0.1) is 10.7 Å². The Hall–Kier alpha value is -3.16. The van der Waals surface area contributed by atoms with Gasteiger partial charge in [-0.25, -0.2) is 4.98 Å². The molecule has 1 N–H and O–H groups in total. The molecule has 7 heteroatoms. The first-order valence-corrected chi connectivity index (χ1v) is 12.6. The van der Waals surface area contributed by atoms with Crippen LogP contribution in [0.3, 0.4) is 0 Å². The highest BCUT2D eigenvalue weighted by atomic mass is 32.1. The van der Waals surface area contributed by atoms with E-state index in [4.69, 9.17) is 4.74 Å². The first-order valence-electron chi connectivity index (χ1n) is 11.7. The Labute approximate surface area is 205 Å². The molecule has 0 radical (unpaired) electrons. The molecule has 0 aliphatic carbocycles. The number of thiazole rings is 1. The fraction of sp³-hybridized carbons (Fsp3) is 0.333. The fourth-order valence-electron chi connectivity index (χ4n) is 3.99. The minimum Gasteiger partial charge on any atom is -0.487 e. The summed E-state index contributed by atoms with van der Waals surface area (Å²) >= 11 is 1.61. The van der Waals surface area contributed by atoms with Crippen LogP contribution in [0.1, 0.15) is 28.8 Å². The Morgan fingerprint density at radius 2 is 1.97 bits per heavy atom. The zero-order chi connectivity index (χ0) is 23.9. The average Bonchev–Trinajstić information content (AvgIpc) is 3.28. The maximum absolute atomic E-state index is 12.5. The minimum atomic E-state index is -0.156. The summed E-state index contributed by atoms with van der Waals surface area (Å²) in [5, 5.41) is 6.03. The highest BCUT2D eigenvalue weighted by Gasteiger charge is 2.16. The molecule has 1 aliphatic rings. The van der Waals surface area contributed by atoms with Gasteiger partial charge in [-0.05, 0) is 67.9 Å². The van der Waals surface area contributed by atoms with Gasteiger partial charge in [0, 0.05) is 49.0 Å². The summed E-state index contributed by atoms with van der Waals surface area (Å²) in [5.41, 5.74) is 4.94. The average molecular weight is 477 g/mol. The van der Waals surface area contributed by atoms with Gasteiger partial charge >= 0.3 is 0 Å². The topological polar surface area (TPSA) is 57.7 Å². The van der Waals surface area contributed by atoms with E-state index in [9.17, 15) is 4.79 Å². The number of carbonyl (C=O) groups is 1. The van der Waals surface area contributed by atoms with Gasteiger partial charge in [-0.1, -0.05) is 19.1 Å². The van der Waals surface area contributed by atoms with E-state index in [2.05, 4.69) is 39.2 Å². The Bertz CT molecular complexity index is 1150. The summed E-state index contributed by atoms with van der Waals surface area (Å²) < 4.78 is 5.84. The molecule has 2 heterocycles. The lowest BCUT2D eigenvalue weighted by Crippen LogP contribution is -2.46. The predicted molar refractivity (Wildman–Crippen MR) is 141 cm³/mol. The molecule has 4 rings (SSSR count). The number of amides is 1. The molecular formula is C27H32N4O2S. The van der Waals surface area contributed by atoms with Crippen LogP contribution in [0.25, 0.3) is 6.08 Å². The van der Waals surface area contributed by atoms with Crippen LogP contribution in [0.2, 0.25) is 0 Å². The number of hydrogen-bond donors (Lipinski definition) is 1. The van der Waals surface area contributed by atoms with Crippen LogP contribution in [0.15, 0.2) is 53.9 Å². The molecule has 1 fully saturated rings. The van der Waals surface area contributed by atoms with Crippen LogP contribution in [0.5, 0.6) is 5.75 Å². The van der Waals surface area contributed by atoms with E-state index in [0.29, 0.717) is 6.61 Å². The molecule has 0 spiro atoms. The van der Waals surface area contributed by atoms with Crippen molar-refractivity contribution >= 4 is 34.7 Å². The summed E-state index contributed by atoms with van der Waals surface area (Å²) in [5.74, 6) is 0.594. The number of aryl methyl sites for hydroxylation is 2. The number of aromatic nitrogens is 1. The van der Waals surface area contributed by atoms with Gasteiger partial charge in [0.15, 0.2) is 0 Å². The van der Waals surface area contributed by atoms with E-state index in [0.717, 1.165) is 66.0 Å². The van der Waals surface area contributed by atoms with Gasteiger partial charge in [-0.3, -0.25) is 4.79 Å². The van der Waals surface area contributed by atoms with Gasteiger partial charge < -0.3 is 19.9 Å². The van der Waals surface area contributed by atoms with E-state index in [-0.39, 0.29) is 5.91 Å². The quantitative estimate of drug-likeness (QED) is 0.457. The number of nitrogens with one attached hydrogen (secondary N) is 1. The molecular weight excluding hydrogens is 444 g/mol. The molecule has 0 unspecified atom stereocenters. The highest BCUT2D eigenvalue weighted by molar-refractivity contribution is 7.09. The maximum Gasteiger partial charge on any atom is 0.248 e. The second-order valence-electron chi connectivity index (χ2n) is 8.46. The van der Waals surface area contributed by atoms with E-state index in [1.807, 2.05) is 49.6 Å². The summed E-state index contributed by atoms with van der Waals surface area (Å²) in [6.07, 6.45) is 3.35. The fourth-order valence-corrected chi connectivity index (χ4v) is 4.59. The van der Waals surface area contributed by atoms with Crippen molar-refractivity contribution in [2.24, 2.45) is 0 Å². The van der Waals surface area contributed by atoms with Crippen molar-refractivity contribution < 1.29 is 9.53 Å². The lowest BCUT2D eigenvalue weighted by molar-refractivity contribution is -0.111. The van der Waals surface area contributed by atoms with Crippen molar-refractivity contribution in [1.29, 1.82) is 0 Å². The van der Waals surface area contributed by atoms with E-state index in [1.165, 1.54) is 5.69 Å². The predicted octanol–water partition coefficient (Wildman–Crippen LogP) is 5.13. The Balaban J connectivity index is 1.32. The molecule has 34 heavy (non-hydrogen) atoms. The number of piperazine rings is 1. The zero-order valence-corrected chi connectivity index (χ0v) is 20.9. The number of ether oxygens (including phenoxy) is 1. The van der Waals surface area contributed by atoms with Gasteiger partial charge in [-0.2, -0.15) is 0 Å². The number of anilines is 2. The van der Waals surface area contributed by atoms with Crippen LogP contribution >= 0.6 is 11.3 Å². The van der Waals surface area contributed by atoms with Crippen molar-refractivity contribution in [1.82, 2.24) is 9.88 Å². The molecule has 0 atom stereocenters. The second kappa shape index (κ2) is 11.3. The van der Waals surface area contributed by atoms with Crippen LogP contribution in [-0.2, 0) is 11.4 Å². The van der Waals surface area contributed by atoms with E-state index < -0.39 is 0 Å². The molecule has 0 saturated carbocycles. The van der Waals surface area contributed by atoms with Crippen molar-refractivity contribution in [2.75, 3.05) is 42.9 Å². The SMILES string of the molecule is CCN1CCN(c2ccc(NC(=O)/C=C/c3cccc(OCc4csc(C)n4)c3)c(C)c2)CC1. The van der Waals surface area contributed by atoms with Crippen LogP contribution in [-0.4, -0.2) is 48.5 Å². The maximum atomic E-state index is 12.5. The number of rotatable bonds is 8. The third kappa shape index (κ3) is 6.46. The van der Waals surface area contributed by atoms with Crippen LogP contribution in [0, 0.1) is 13.8 Å². The normalized spacial score (nSPS) is 14.5. The number of likely N-dealkylation sites (N-methyl/N-ethyl adjacent to an activating group) is 1. The van der Waals surface area contributed by atoms with Gasteiger partial charge in [0.2, 0.25) is 5.91 Å². The molecule has 1 saturated heterocycles. The van der Waals surface area contributed by atoms with Crippen molar-refractivity contribution in [2.45, 2.75) is 27.4 Å². The molecule has 178 valence electrons. The highest BCUT2D eigenvalue weighted by Crippen LogP contribution is 2.24. The summed E-state index contributed by atoms with van der Waals surface area (Å²) in [6, 6.07) is 13.9. The Morgan fingerprint density at radius 1 is 1.15 bits per heavy atom. The van der Waals surface area contributed by atoms with Gasteiger partial charge in [-0.15, -0.1) is 11.3 Å². The number of carbonyl (C=O) groups excluding carboxylic acids is 1. The van der Waals surface area contributed by atoms with Crippen LogP contribution in [0.4, 0.5) is 11.4 Å². The van der Waals surface area contributed by atoms with Crippen molar-refractivity contribution in [3.05, 3.63) is 75.7 Å². The van der Waals surface area contributed by atoms with E-state index >= 15 is 0 Å². The van der Waals surface area contributed by atoms with Gasteiger partial charge in [0.1, 0.15) is 12.4 Å². The second-order valence-corrected chi connectivity index (χ2v) is 9.52. The summed E-state index contributed by atoms with van der Waals surface area (Å²) in [7, 11) is 0. The largest absolute Gasteiger partial charge is 0.487 e. The molecule has 1 aliphatic heterocycles. The third-order valence-electron chi connectivity index (χ3n) is 5.99. The zero-order valence-electron chi connectivity index (χ0n) is 20.1. The van der Waals surface area contributed by atoms with Crippen molar-refractivity contribution in [3.8, 4) is 5.75 Å². The number of benzene rings is 2. The van der Waals surface area contributed by atoms with Crippen LogP contribution < -0.4 is 15.0 Å². The third-order valence-corrected chi connectivity index (χ3v) is 6.81. The number of nitrogens with zero attached hydrogens (tertiary/aromatic N) is 3. The molecule has 1 aromatic heterocycles. The number of hydrogen-bond acceptors (Lipinski definition) is 6. The van der Waals surface area contributed by atoms with Gasteiger partial charge in [0.25, 0.3) is 0 Å². The molecule has 6 nitrogen and oxygen atoms in total. The minimum absolute atomic E-state index is 0.156. The first kappa shape index (κ1) is 24.0. The monoisotopic (exact) mass is 476 g/mol. The lowest BCUT2D eigenvalue weighted by Gasteiger charge is -2.35. The van der Waals surface area contributed by atoms with Crippen molar-refractivity contribution in [3.63, 3.8) is 0 Å². The molecule has 2 aromatic carbocycles. The molecule has 1 amide bonds. The van der Waals surface area contributed by atoms with E-state index in [1.54, 1.807) is 23.5 Å². The standard InChI is InChI=1S/C27H32N4O2S/c1-4-30-12-14-31(15-13-30)24-9-10-26(20(2)16-24)29-27(32)11-8-22-6-5-7-25(17-22)33-18-23-19-34-21(3)28-23/h5-11,16-17,19H,4,12-15,18H2,1-3H3,(H,29,32)/b11-8+.